The summed E-state index contributed by atoms with van der Waals surface area (Å²) < 4.78 is 27.1. The lowest BCUT2D eigenvalue weighted by Gasteiger charge is -2.21. The third kappa shape index (κ3) is 4.39. The monoisotopic (exact) mass is 472 g/mol. The molecule has 0 aliphatic rings. The molecule has 0 heterocycles. The zero-order valence-electron chi connectivity index (χ0n) is 14.6. The van der Waals surface area contributed by atoms with Crippen molar-refractivity contribution in [3.63, 3.8) is 0 Å². The summed E-state index contributed by atoms with van der Waals surface area (Å²) in [5, 5.41) is 2.80. The van der Waals surface area contributed by atoms with Crippen LogP contribution in [0.5, 0.6) is 0 Å². The van der Waals surface area contributed by atoms with Crippen molar-refractivity contribution >= 4 is 44.2 Å². The second kappa shape index (κ2) is 7.84. The Labute approximate surface area is 162 Å². The van der Waals surface area contributed by atoms with Crippen molar-refractivity contribution in [2.24, 2.45) is 0 Å². The average Bonchev–Trinajstić information content (AvgIpc) is 2.56. The molecule has 25 heavy (non-hydrogen) atoms. The molecule has 0 fully saturated rings. The molecule has 0 saturated carbocycles. The molecule has 1 N–H and O–H groups in total. The molecule has 0 spiro atoms. The minimum Gasteiger partial charge on any atom is -0.322 e. The fourth-order valence-electron chi connectivity index (χ4n) is 2.18. The van der Waals surface area contributed by atoms with Crippen LogP contribution in [0.4, 0.5) is 5.69 Å². The number of carbonyl (C=O) groups excluding carboxylic acids is 1. The van der Waals surface area contributed by atoms with E-state index in [1.54, 1.807) is 25.2 Å². The van der Waals surface area contributed by atoms with Gasteiger partial charge in [0.2, 0.25) is 10.0 Å². The molecule has 0 aliphatic carbocycles. The van der Waals surface area contributed by atoms with Gasteiger partial charge in [0.15, 0.2) is 0 Å². The number of hydrogen-bond donors (Lipinski definition) is 1. The number of hydrogen-bond acceptors (Lipinski definition) is 3. The van der Waals surface area contributed by atoms with Crippen molar-refractivity contribution in [2.45, 2.75) is 31.7 Å². The highest BCUT2D eigenvalue weighted by molar-refractivity contribution is 14.1. The van der Waals surface area contributed by atoms with Crippen LogP contribution in [0.3, 0.4) is 0 Å². The van der Waals surface area contributed by atoms with Gasteiger partial charge in [-0.2, -0.15) is 4.31 Å². The van der Waals surface area contributed by atoms with E-state index < -0.39 is 10.0 Å². The van der Waals surface area contributed by atoms with Crippen LogP contribution in [0.1, 0.15) is 29.8 Å². The van der Waals surface area contributed by atoms with Gasteiger partial charge in [-0.15, -0.1) is 0 Å². The SMILES string of the molecule is Cc1cccc(C(=O)Nc2ccc(S(=O)(=O)N(C)C(C)C)cc2)c1I. The van der Waals surface area contributed by atoms with Crippen LogP contribution in [0.15, 0.2) is 47.4 Å². The molecule has 134 valence electrons. The Bertz CT molecular complexity index is 878. The van der Waals surface area contributed by atoms with Crippen molar-refractivity contribution in [1.82, 2.24) is 4.31 Å². The highest BCUT2D eigenvalue weighted by atomic mass is 127. The third-order valence-corrected chi connectivity index (χ3v) is 7.43. The summed E-state index contributed by atoms with van der Waals surface area (Å²) in [7, 11) is -1.98. The fraction of sp³-hybridized carbons (Fsp3) is 0.278. The molecular weight excluding hydrogens is 451 g/mol. The second-order valence-electron chi connectivity index (χ2n) is 6.03. The molecule has 0 radical (unpaired) electrons. The van der Waals surface area contributed by atoms with Gasteiger partial charge in [-0.3, -0.25) is 4.79 Å². The van der Waals surface area contributed by atoms with E-state index in [1.807, 2.05) is 32.9 Å². The first-order valence-corrected chi connectivity index (χ1v) is 10.3. The number of benzene rings is 2. The summed E-state index contributed by atoms with van der Waals surface area (Å²) in [4.78, 5) is 12.6. The van der Waals surface area contributed by atoms with Crippen LogP contribution in [-0.2, 0) is 10.0 Å². The molecule has 7 heteroatoms. The quantitative estimate of drug-likeness (QED) is 0.672. The zero-order valence-corrected chi connectivity index (χ0v) is 17.6. The van der Waals surface area contributed by atoms with Crippen molar-refractivity contribution in [1.29, 1.82) is 0 Å². The summed E-state index contributed by atoms with van der Waals surface area (Å²) in [6.07, 6.45) is 0. The molecule has 0 aromatic heterocycles. The molecule has 0 bridgehead atoms. The highest BCUT2D eigenvalue weighted by Gasteiger charge is 2.23. The number of sulfonamides is 1. The van der Waals surface area contributed by atoms with Crippen LogP contribution in [0, 0.1) is 10.5 Å². The summed E-state index contributed by atoms with van der Waals surface area (Å²) >= 11 is 2.15. The Morgan fingerprint density at radius 1 is 1.12 bits per heavy atom. The molecule has 0 aliphatic heterocycles. The van der Waals surface area contributed by atoms with E-state index in [-0.39, 0.29) is 16.8 Å². The summed E-state index contributed by atoms with van der Waals surface area (Å²) in [5.41, 5.74) is 2.18. The number of rotatable bonds is 5. The number of anilines is 1. The summed E-state index contributed by atoms with van der Waals surface area (Å²) in [6, 6.07) is 11.6. The predicted molar refractivity (Wildman–Crippen MR) is 108 cm³/mol. The highest BCUT2D eigenvalue weighted by Crippen LogP contribution is 2.21. The number of nitrogens with zero attached hydrogens (tertiary/aromatic N) is 1. The Kier molecular flexibility index (Phi) is 6.23. The van der Waals surface area contributed by atoms with E-state index in [0.717, 1.165) is 9.13 Å². The largest absolute Gasteiger partial charge is 0.322 e. The predicted octanol–water partition coefficient (Wildman–Crippen LogP) is 3.88. The lowest BCUT2D eigenvalue weighted by Crippen LogP contribution is -2.33. The molecule has 0 atom stereocenters. The summed E-state index contributed by atoms with van der Waals surface area (Å²) in [6.45, 7) is 5.58. The standard InChI is InChI=1S/C18H21IN2O3S/c1-12(2)21(4)25(23,24)15-10-8-14(9-11-15)20-18(22)16-7-5-6-13(3)17(16)19/h5-12H,1-4H3,(H,20,22). The fourth-order valence-corrected chi connectivity index (χ4v) is 4.15. The van der Waals surface area contributed by atoms with Gasteiger partial charge in [0.1, 0.15) is 0 Å². The first kappa shape index (κ1) is 19.9. The van der Waals surface area contributed by atoms with Crippen molar-refractivity contribution in [2.75, 3.05) is 12.4 Å². The molecule has 0 saturated heterocycles. The maximum Gasteiger partial charge on any atom is 0.256 e. The second-order valence-corrected chi connectivity index (χ2v) is 9.11. The molecule has 1 amide bonds. The number of halogens is 1. The first-order chi connectivity index (χ1) is 11.6. The maximum atomic E-state index is 12.4. The first-order valence-electron chi connectivity index (χ1n) is 7.79. The van der Waals surface area contributed by atoms with Crippen LogP contribution < -0.4 is 5.32 Å². The van der Waals surface area contributed by atoms with Crippen LogP contribution in [0.2, 0.25) is 0 Å². The van der Waals surface area contributed by atoms with Crippen LogP contribution >= 0.6 is 22.6 Å². The van der Waals surface area contributed by atoms with Crippen molar-refractivity contribution in [3.05, 3.63) is 57.2 Å². The molecule has 5 nitrogen and oxygen atoms in total. The zero-order chi connectivity index (χ0) is 18.8. The Hall–Kier alpha value is -1.45. The van der Waals surface area contributed by atoms with Gasteiger partial charge < -0.3 is 5.32 Å². The van der Waals surface area contributed by atoms with Gasteiger partial charge in [0.05, 0.1) is 10.5 Å². The van der Waals surface area contributed by atoms with E-state index in [4.69, 9.17) is 0 Å². The van der Waals surface area contributed by atoms with E-state index in [0.29, 0.717) is 11.3 Å². The van der Waals surface area contributed by atoms with Gasteiger partial charge in [0, 0.05) is 22.3 Å². The lowest BCUT2D eigenvalue weighted by atomic mass is 10.1. The molecule has 2 aromatic carbocycles. The molecule has 2 rings (SSSR count). The number of aryl methyl sites for hydroxylation is 1. The smallest absolute Gasteiger partial charge is 0.256 e. The van der Waals surface area contributed by atoms with E-state index in [1.165, 1.54) is 16.4 Å². The van der Waals surface area contributed by atoms with Gasteiger partial charge in [-0.1, -0.05) is 12.1 Å². The van der Waals surface area contributed by atoms with Gasteiger partial charge in [-0.05, 0) is 79.3 Å². The van der Waals surface area contributed by atoms with Crippen LogP contribution in [0.25, 0.3) is 0 Å². The molecule has 0 unspecified atom stereocenters. The van der Waals surface area contributed by atoms with Gasteiger partial charge in [-0.25, -0.2) is 8.42 Å². The van der Waals surface area contributed by atoms with E-state index in [9.17, 15) is 13.2 Å². The van der Waals surface area contributed by atoms with Gasteiger partial charge in [0.25, 0.3) is 5.91 Å². The minimum atomic E-state index is -3.53. The van der Waals surface area contributed by atoms with Crippen molar-refractivity contribution in [3.8, 4) is 0 Å². The minimum absolute atomic E-state index is 0.132. The number of carbonyl (C=O) groups is 1. The van der Waals surface area contributed by atoms with E-state index in [2.05, 4.69) is 27.9 Å². The molecule has 2 aromatic rings. The topological polar surface area (TPSA) is 66.5 Å². The maximum absolute atomic E-state index is 12.4. The Balaban J connectivity index is 2.21. The third-order valence-electron chi connectivity index (χ3n) is 3.95. The summed E-state index contributed by atoms with van der Waals surface area (Å²) in [5.74, 6) is -0.219. The molecular formula is C18H21IN2O3S. The normalized spacial score (nSPS) is 11.8. The van der Waals surface area contributed by atoms with E-state index >= 15 is 0 Å². The van der Waals surface area contributed by atoms with Gasteiger partial charge >= 0.3 is 0 Å². The van der Waals surface area contributed by atoms with Crippen LogP contribution in [-0.4, -0.2) is 31.7 Å². The Morgan fingerprint density at radius 3 is 2.28 bits per heavy atom. The van der Waals surface area contributed by atoms with Crippen molar-refractivity contribution < 1.29 is 13.2 Å². The average molecular weight is 472 g/mol. The number of amides is 1. The number of nitrogens with one attached hydrogen (secondary N) is 1. The Morgan fingerprint density at radius 2 is 1.72 bits per heavy atom. The lowest BCUT2D eigenvalue weighted by molar-refractivity contribution is 0.102.